The summed E-state index contributed by atoms with van der Waals surface area (Å²) in [6.45, 7) is 2.71. The van der Waals surface area contributed by atoms with Gasteiger partial charge in [0.25, 0.3) is 0 Å². The van der Waals surface area contributed by atoms with E-state index in [0.717, 1.165) is 11.4 Å². The molecule has 0 aliphatic carbocycles. The number of aliphatic imine (C=N–C) groups is 1. The first-order valence-corrected chi connectivity index (χ1v) is 10.0. The zero-order chi connectivity index (χ0) is 20.6. The maximum atomic E-state index is 6.20. The molecule has 0 saturated carbocycles. The fourth-order valence-corrected chi connectivity index (χ4v) is 3.27. The third-order valence-corrected chi connectivity index (χ3v) is 4.67. The van der Waals surface area contributed by atoms with Crippen molar-refractivity contribution < 1.29 is 14.2 Å². The lowest BCUT2D eigenvalue weighted by Crippen LogP contribution is -2.28. The maximum absolute atomic E-state index is 6.20. The standard InChI is InChI=1S/C24H25N3O3/c1-27(18-19-8-3-2-4-9-19)23-20-10-7-13-26-24(20)30-22-12-6-5-11-21(22)29-17-16-28-15-14-25-23/h2-13H,14-18H2,1H3. The summed E-state index contributed by atoms with van der Waals surface area (Å²) in [5.74, 6) is 2.57. The number of pyridine rings is 1. The van der Waals surface area contributed by atoms with Crippen LogP contribution >= 0.6 is 0 Å². The second-order valence-electron chi connectivity index (χ2n) is 6.91. The minimum absolute atomic E-state index is 0.444. The van der Waals surface area contributed by atoms with E-state index in [1.165, 1.54) is 5.56 Å². The molecule has 0 atom stereocenters. The van der Waals surface area contributed by atoms with Crippen molar-refractivity contribution in [1.82, 2.24) is 9.88 Å². The minimum Gasteiger partial charge on any atom is -0.487 e. The molecule has 6 nitrogen and oxygen atoms in total. The average molecular weight is 403 g/mol. The molecule has 0 N–H and O–H groups in total. The number of amidine groups is 1. The fraction of sp³-hybridized carbons (Fsp3) is 0.250. The van der Waals surface area contributed by atoms with Crippen molar-refractivity contribution in [2.45, 2.75) is 6.54 Å². The van der Waals surface area contributed by atoms with Gasteiger partial charge in [-0.3, -0.25) is 4.99 Å². The van der Waals surface area contributed by atoms with Crippen LogP contribution in [0.5, 0.6) is 17.4 Å². The third kappa shape index (κ3) is 4.96. The topological polar surface area (TPSA) is 56.2 Å². The van der Waals surface area contributed by atoms with Gasteiger partial charge in [-0.05, 0) is 29.8 Å². The molecule has 6 heteroatoms. The molecule has 0 radical (unpaired) electrons. The quantitative estimate of drug-likeness (QED) is 0.643. The molecule has 1 aliphatic heterocycles. The van der Waals surface area contributed by atoms with Gasteiger partial charge < -0.3 is 19.1 Å². The maximum Gasteiger partial charge on any atom is 0.230 e. The van der Waals surface area contributed by atoms with Crippen molar-refractivity contribution in [3.8, 4) is 17.4 Å². The minimum atomic E-state index is 0.444. The smallest absolute Gasteiger partial charge is 0.230 e. The van der Waals surface area contributed by atoms with Crippen LogP contribution in [-0.2, 0) is 11.3 Å². The monoisotopic (exact) mass is 403 g/mol. The van der Waals surface area contributed by atoms with Crippen molar-refractivity contribution in [3.05, 3.63) is 84.1 Å². The van der Waals surface area contributed by atoms with E-state index in [1.807, 2.05) is 61.6 Å². The van der Waals surface area contributed by atoms with Gasteiger partial charge in [0, 0.05) is 19.8 Å². The van der Waals surface area contributed by atoms with E-state index in [4.69, 9.17) is 19.2 Å². The van der Waals surface area contributed by atoms with Crippen LogP contribution in [0.1, 0.15) is 11.1 Å². The van der Waals surface area contributed by atoms with Crippen molar-refractivity contribution in [1.29, 1.82) is 0 Å². The number of benzene rings is 2. The zero-order valence-electron chi connectivity index (χ0n) is 17.0. The van der Waals surface area contributed by atoms with Crippen LogP contribution in [0.15, 0.2) is 77.9 Å². The van der Waals surface area contributed by atoms with Gasteiger partial charge in [0.15, 0.2) is 11.5 Å². The van der Waals surface area contributed by atoms with Gasteiger partial charge in [-0.15, -0.1) is 0 Å². The Morgan fingerprint density at radius 1 is 0.867 bits per heavy atom. The first-order chi connectivity index (χ1) is 14.8. The summed E-state index contributed by atoms with van der Waals surface area (Å²) in [5, 5.41) is 0. The van der Waals surface area contributed by atoms with E-state index < -0.39 is 0 Å². The second-order valence-corrected chi connectivity index (χ2v) is 6.91. The van der Waals surface area contributed by atoms with Gasteiger partial charge in [-0.2, -0.15) is 0 Å². The molecule has 0 bridgehead atoms. The first-order valence-electron chi connectivity index (χ1n) is 10.0. The van der Waals surface area contributed by atoms with E-state index in [0.29, 0.717) is 50.3 Å². The van der Waals surface area contributed by atoms with E-state index >= 15 is 0 Å². The predicted molar refractivity (Wildman–Crippen MR) is 116 cm³/mol. The van der Waals surface area contributed by atoms with Gasteiger partial charge in [0.1, 0.15) is 12.4 Å². The Kier molecular flexibility index (Phi) is 6.57. The van der Waals surface area contributed by atoms with Crippen molar-refractivity contribution in [3.63, 3.8) is 0 Å². The molecule has 2 aromatic carbocycles. The molecule has 2 heterocycles. The molecule has 0 amide bonds. The van der Waals surface area contributed by atoms with Crippen molar-refractivity contribution in [2.24, 2.45) is 4.99 Å². The molecule has 1 aromatic heterocycles. The Morgan fingerprint density at radius 3 is 2.53 bits per heavy atom. The Morgan fingerprint density at radius 2 is 1.67 bits per heavy atom. The Bertz CT molecular complexity index is 992. The summed E-state index contributed by atoms with van der Waals surface area (Å²) < 4.78 is 17.7. The van der Waals surface area contributed by atoms with Crippen LogP contribution in [0, 0.1) is 0 Å². The molecule has 30 heavy (non-hydrogen) atoms. The highest BCUT2D eigenvalue weighted by molar-refractivity contribution is 6.00. The summed E-state index contributed by atoms with van der Waals surface area (Å²) in [7, 11) is 2.03. The molecule has 1 aliphatic rings. The van der Waals surface area contributed by atoms with E-state index in [1.54, 1.807) is 6.20 Å². The Labute approximate surface area is 176 Å². The van der Waals surface area contributed by atoms with Crippen LogP contribution in [0.25, 0.3) is 0 Å². The Hall–Kier alpha value is -3.38. The molecule has 0 spiro atoms. The van der Waals surface area contributed by atoms with Crippen molar-refractivity contribution >= 4 is 5.84 Å². The summed E-state index contributed by atoms with van der Waals surface area (Å²) in [5.41, 5.74) is 2.02. The summed E-state index contributed by atoms with van der Waals surface area (Å²) in [4.78, 5) is 11.4. The lowest BCUT2D eigenvalue weighted by Gasteiger charge is -2.23. The number of rotatable bonds is 2. The molecular weight excluding hydrogens is 378 g/mol. The number of ether oxygens (including phenoxy) is 3. The van der Waals surface area contributed by atoms with Gasteiger partial charge in [-0.1, -0.05) is 42.5 Å². The number of hydrogen-bond acceptors (Lipinski definition) is 6. The molecule has 154 valence electrons. The molecule has 4 rings (SSSR count). The molecular formula is C24H25N3O3. The van der Waals surface area contributed by atoms with Crippen LogP contribution in [0.3, 0.4) is 0 Å². The largest absolute Gasteiger partial charge is 0.487 e. The first kappa shape index (κ1) is 19.9. The summed E-state index contributed by atoms with van der Waals surface area (Å²) >= 11 is 0. The molecule has 0 fully saturated rings. The average Bonchev–Trinajstić information content (AvgIpc) is 2.79. The SMILES string of the molecule is CN(Cc1ccccc1)C1=NCCOCCOc2ccccc2Oc2ncccc21. The number of fused-ring (bicyclic) bond motifs is 2. The molecule has 0 saturated heterocycles. The van der Waals surface area contributed by atoms with Crippen molar-refractivity contribution in [2.75, 3.05) is 33.4 Å². The summed E-state index contributed by atoms with van der Waals surface area (Å²) in [6.07, 6.45) is 1.72. The number of nitrogens with zero attached hydrogens (tertiary/aromatic N) is 3. The third-order valence-electron chi connectivity index (χ3n) is 4.67. The van der Waals surface area contributed by atoms with Gasteiger partial charge in [0.05, 0.1) is 25.3 Å². The zero-order valence-corrected chi connectivity index (χ0v) is 17.0. The number of aromatic nitrogens is 1. The second kappa shape index (κ2) is 9.89. The lowest BCUT2D eigenvalue weighted by molar-refractivity contribution is 0.105. The Balaban J connectivity index is 1.70. The van der Waals surface area contributed by atoms with Crippen LogP contribution < -0.4 is 9.47 Å². The van der Waals surface area contributed by atoms with Crippen LogP contribution in [-0.4, -0.2) is 49.1 Å². The normalized spacial score (nSPS) is 14.4. The highest BCUT2D eigenvalue weighted by Gasteiger charge is 2.18. The van der Waals surface area contributed by atoms with Crippen LogP contribution in [0.4, 0.5) is 0 Å². The van der Waals surface area contributed by atoms with Gasteiger partial charge in [0.2, 0.25) is 5.88 Å². The van der Waals surface area contributed by atoms with Crippen LogP contribution in [0.2, 0.25) is 0 Å². The molecule has 3 aromatic rings. The van der Waals surface area contributed by atoms with Gasteiger partial charge >= 0.3 is 0 Å². The predicted octanol–water partition coefficient (Wildman–Crippen LogP) is 4.16. The number of hydrogen-bond donors (Lipinski definition) is 0. The highest BCUT2D eigenvalue weighted by Crippen LogP contribution is 2.32. The van der Waals surface area contributed by atoms with Gasteiger partial charge in [-0.25, -0.2) is 4.98 Å². The molecule has 0 unspecified atom stereocenters. The number of para-hydroxylation sites is 2. The van der Waals surface area contributed by atoms with E-state index in [-0.39, 0.29) is 0 Å². The fourth-order valence-electron chi connectivity index (χ4n) is 3.27. The lowest BCUT2D eigenvalue weighted by atomic mass is 10.2. The summed E-state index contributed by atoms with van der Waals surface area (Å²) in [6, 6.07) is 21.8. The van der Waals surface area contributed by atoms with E-state index in [9.17, 15) is 0 Å². The highest BCUT2D eigenvalue weighted by atomic mass is 16.5. The van der Waals surface area contributed by atoms with E-state index in [2.05, 4.69) is 22.0 Å².